The first-order valence-electron chi connectivity index (χ1n) is 7.63. The van der Waals surface area contributed by atoms with Crippen molar-refractivity contribution in [2.24, 2.45) is 5.92 Å². The smallest absolute Gasteiger partial charge is 0.142 e. The molecule has 2 aromatic carbocycles. The molecule has 22 heavy (non-hydrogen) atoms. The standard InChI is InChI=1S/C19H18BrNO/c1-22-17-7-3-6-16-14-4-2-5-15(14)18(21-19(16)17)12-8-10-13(20)11-9-12/h2-4,6-11,14-15,18,21H,5H2,1H3/t14-,15+,18-/m0/s1. The number of methoxy groups -OCH3 is 1. The van der Waals surface area contributed by atoms with Gasteiger partial charge in [0.15, 0.2) is 0 Å². The van der Waals surface area contributed by atoms with E-state index in [9.17, 15) is 0 Å². The molecule has 2 aromatic rings. The van der Waals surface area contributed by atoms with Crippen molar-refractivity contribution in [3.05, 3.63) is 70.2 Å². The topological polar surface area (TPSA) is 21.3 Å². The van der Waals surface area contributed by atoms with E-state index in [1.54, 1.807) is 7.11 Å². The highest BCUT2D eigenvalue weighted by Gasteiger charge is 2.38. The third kappa shape index (κ3) is 2.15. The van der Waals surface area contributed by atoms with E-state index < -0.39 is 0 Å². The van der Waals surface area contributed by atoms with E-state index in [1.807, 2.05) is 6.07 Å². The minimum absolute atomic E-state index is 0.317. The van der Waals surface area contributed by atoms with E-state index in [2.05, 4.69) is 69.8 Å². The van der Waals surface area contributed by atoms with Crippen molar-refractivity contribution >= 4 is 21.6 Å². The fourth-order valence-corrected chi connectivity index (χ4v) is 4.03. The van der Waals surface area contributed by atoms with Gasteiger partial charge in [0, 0.05) is 10.4 Å². The van der Waals surface area contributed by atoms with Gasteiger partial charge in [0.2, 0.25) is 0 Å². The van der Waals surface area contributed by atoms with Crippen LogP contribution in [-0.2, 0) is 0 Å². The first-order valence-corrected chi connectivity index (χ1v) is 8.43. The largest absolute Gasteiger partial charge is 0.495 e. The van der Waals surface area contributed by atoms with E-state index in [1.165, 1.54) is 11.1 Å². The van der Waals surface area contributed by atoms with Gasteiger partial charge < -0.3 is 10.1 Å². The zero-order valence-corrected chi connectivity index (χ0v) is 14.0. The van der Waals surface area contributed by atoms with Crippen LogP contribution in [0, 0.1) is 5.92 Å². The molecule has 0 unspecified atom stereocenters. The maximum Gasteiger partial charge on any atom is 0.142 e. The van der Waals surface area contributed by atoms with E-state index in [0.29, 0.717) is 17.9 Å². The van der Waals surface area contributed by atoms with Crippen molar-refractivity contribution in [2.75, 3.05) is 12.4 Å². The zero-order valence-electron chi connectivity index (χ0n) is 12.4. The summed E-state index contributed by atoms with van der Waals surface area (Å²) in [6.45, 7) is 0. The molecule has 0 saturated carbocycles. The van der Waals surface area contributed by atoms with E-state index in [0.717, 1.165) is 22.3 Å². The average Bonchev–Trinajstić information content (AvgIpc) is 3.04. The van der Waals surface area contributed by atoms with Gasteiger partial charge >= 0.3 is 0 Å². The second kappa shape index (κ2) is 5.47. The Morgan fingerprint density at radius 3 is 2.73 bits per heavy atom. The molecular formula is C19H18BrNO. The second-order valence-electron chi connectivity index (χ2n) is 5.95. The Labute approximate surface area is 139 Å². The molecule has 0 saturated heterocycles. The van der Waals surface area contributed by atoms with Gasteiger partial charge in [0.25, 0.3) is 0 Å². The second-order valence-corrected chi connectivity index (χ2v) is 6.87. The molecule has 3 atom stereocenters. The molecular weight excluding hydrogens is 338 g/mol. The number of ether oxygens (including phenoxy) is 1. The molecule has 4 rings (SSSR count). The Balaban J connectivity index is 1.81. The summed E-state index contributed by atoms with van der Waals surface area (Å²) >= 11 is 3.52. The van der Waals surface area contributed by atoms with Crippen molar-refractivity contribution in [3.8, 4) is 5.75 Å². The lowest BCUT2D eigenvalue weighted by molar-refractivity contribution is 0.397. The zero-order chi connectivity index (χ0) is 15.1. The molecule has 0 fully saturated rings. The van der Waals surface area contributed by atoms with Crippen LogP contribution < -0.4 is 10.1 Å². The Morgan fingerprint density at radius 1 is 1.14 bits per heavy atom. The van der Waals surface area contributed by atoms with Crippen LogP contribution in [0.3, 0.4) is 0 Å². The molecule has 2 nitrogen and oxygen atoms in total. The number of hydrogen-bond donors (Lipinski definition) is 1. The molecule has 0 radical (unpaired) electrons. The van der Waals surface area contributed by atoms with Crippen LogP contribution in [-0.4, -0.2) is 7.11 Å². The first kappa shape index (κ1) is 13.9. The Kier molecular flexibility index (Phi) is 3.45. The molecule has 1 aliphatic heterocycles. The van der Waals surface area contributed by atoms with Crippen molar-refractivity contribution < 1.29 is 4.74 Å². The lowest BCUT2D eigenvalue weighted by atomic mass is 9.77. The number of benzene rings is 2. The minimum Gasteiger partial charge on any atom is -0.495 e. The normalized spacial score (nSPS) is 25.3. The highest BCUT2D eigenvalue weighted by molar-refractivity contribution is 9.10. The number of halogens is 1. The van der Waals surface area contributed by atoms with Crippen molar-refractivity contribution in [1.29, 1.82) is 0 Å². The number of hydrogen-bond acceptors (Lipinski definition) is 2. The highest BCUT2D eigenvalue weighted by Crippen LogP contribution is 2.52. The van der Waals surface area contributed by atoms with Crippen molar-refractivity contribution in [3.63, 3.8) is 0 Å². The Hall–Kier alpha value is -1.74. The lowest BCUT2D eigenvalue weighted by Gasteiger charge is -2.38. The molecule has 2 aliphatic rings. The average molecular weight is 356 g/mol. The van der Waals surface area contributed by atoms with Gasteiger partial charge in [0.05, 0.1) is 18.8 Å². The summed E-state index contributed by atoms with van der Waals surface area (Å²) in [5, 5.41) is 3.74. The maximum absolute atomic E-state index is 5.57. The quantitative estimate of drug-likeness (QED) is 0.739. The molecule has 0 spiro atoms. The summed E-state index contributed by atoms with van der Waals surface area (Å²) in [5.41, 5.74) is 3.83. The number of para-hydroxylation sites is 1. The fourth-order valence-electron chi connectivity index (χ4n) is 3.76. The van der Waals surface area contributed by atoms with Crippen LogP contribution in [0.15, 0.2) is 59.1 Å². The highest BCUT2D eigenvalue weighted by atomic mass is 79.9. The number of allylic oxidation sites excluding steroid dienone is 2. The van der Waals surface area contributed by atoms with E-state index >= 15 is 0 Å². The maximum atomic E-state index is 5.57. The molecule has 3 heteroatoms. The van der Waals surface area contributed by atoms with Crippen LogP contribution in [0.2, 0.25) is 0 Å². The summed E-state index contributed by atoms with van der Waals surface area (Å²) in [6.07, 6.45) is 5.79. The minimum atomic E-state index is 0.317. The summed E-state index contributed by atoms with van der Waals surface area (Å²) in [7, 11) is 1.74. The Morgan fingerprint density at radius 2 is 1.95 bits per heavy atom. The molecule has 112 valence electrons. The van der Waals surface area contributed by atoms with Gasteiger partial charge in [-0.25, -0.2) is 0 Å². The van der Waals surface area contributed by atoms with Crippen LogP contribution in [0.5, 0.6) is 5.75 Å². The van der Waals surface area contributed by atoms with Crippen LogP contribution in [0.4, 0.5) is 5.69 Å². The van der Waals surface area contributed by atoms with Gasteiger partial charge in [-0.15, -0.1) is 0 Å². The van der Waals surface area contributed by atoms with Gasteiger partial charge in [-0.3, -0.25) is 0 Å². The molecule has 0 aromatic heterocycles. The summed E-state index contributed by atoms with van der Waals surface area (Å²) < 4.78 is 6.69. The van der Waals surface area contributed by atoms with E-state index in [-0.39, 0.29) is 0 Å². The predicted molar refractivity (Wildman–Crippen MR) is 93.5 cm³/mol. The molecule has 0 amide bonds. The van der Waals surface area contributed by atoms with Crippen molar-refractivity contribution in [2.45, 2.75) is 18.4 Å². The number of fused-ring (bicyclic) bond motifs is 3. The molecule has 1 heterocycles. The predicted octanol–water partition coefficient (Wildman–Crippen LogP) is 5.28. The molecule has 1 aliphatic carbocycles. The van der Waals surface area contributed by atoms with Crippen LogP contribution in [0.1, 0.15) is 29.5 Å². The summed E-state index contributed by atoms with van der Waals surface area (Å²) in [5.74, 6) is 1.97. The first-order chi connectivity index (χ1) is 10.8. The number of nitrogens with one attached hydrogen (secondary N) is 1. The molecule has 0 bridgehead atoms. The van der Waals surface area contributed by atoms with Crippen LogP contribution >= 0.6 is 15.9 Å². The lowest BCUT2D eigenvalue weighted by Crippen LogP contribution is -2.29. The van der Waals surface area contributed by atoms with Gasteiger partial charge in [-0.05, 0) is 41.7 Å². The fraction of sp³-hybridized carbons (Fsp3) is 0.263. The monoisotopic (exact) mass is 355 g/mol. The van der Waals surface area contributed by atoms with Gasteiger partial charge in [-0.1, -0.05) is 52.3 Å². The van der Waals surface area contributed by atoms with Crippen molar-refractivity contribution in [1.82, 2.24) is 0 Å². The van der Waals surface area contributed by atoms with E-state index in [4.69, 9.17) is 4.74 Å². The summed E-state index contributed by atoms with van der Waals surface area (Å²) in [4.78, 5) is 0. The summed E-state index contributed by atoms with van der Waals surface area (Å²) in [6, 6.07) is 15.3. The third-order valence-corrected chi connectivity index (χ3v) is 5.34. The molecule has 1 N–H and O–H groups in total. The van der Waals surface area contributed by atoms with Gasteiger partial charge in [0.1, 0.15) is 5.75 Å². The van der Waals surface area contributed by atoms with Gasteiger partial charge in [-0.2, -0.15) is 0 Å². The Bertz CT molecular complexity index is 723. The number of rotatable bonds is 2. The SMILES string of the molecule is COc1cccc2c1N[C@@H](c1ccc(Br)cc1)[C@@H]1CC=C[C@H]21. The number of anilines is 1. The third-order valence-electron chi connectivity index (χ3n) is 4.81. The van der Waals surface area contributed by atoms with Crippen LogP contribution in [0.25, 0.3) is 0 Å².